The van der Waals surface area contributed by atoms with Gasteiger partial charge >= 0.3 is 0 Å². The highest BCUT2D eigenvalue weighted by Gasteiger charge is 2.66. The quantitative estimate of drug-likeness (QED) is 0.619. The first kappa shape index (κ1) is 13.8. The van der Waals surface area contributed by atoms with Crippen molar-refractivity contribution < 1.29 is 4.79 Å². The minimum Gasteiger partial charge on any atom is -0.299 e. The fraction of sp³-hybridized carbons (Fsp3) is 0.824. The van der Waals surface area contributed by atoms with Gasteiger partial charge in [-0.15, -0.1) is 0 Å². The van der Waals surface area contributed by atoms with Crippen LogP contribution in [-0.2, 0) is 4.79 Å². The first-order valence-electron chi connectivity index (χ1n) is 7.52. The number of allylic oxidation sites excluding steroid dienone is 2. The molecule has 1 fully saturated rings. The number of ketones is 1. The summed E-state index contributed by atoms with van der Waals surface area (Å²) in [6.45, 7) is 11.3. The molecule has 3 unspecified atom stereocenters. The summed E-state index contributed by atoms with van der Waals surface area (Å²) in [5.74, 6) is 1.96. The Morgan fingerprint density at radius 2 is 1.72 bits per heavy atom. The summed E-state index contributed by atoms with van der Waals surface area (Å²) in [5, 5.41) is 0. The van der Waals surface area contributed by atoms with Crippen LogP contribution in [-0.4, -0.2) is 5.78 Å². The summed E-state index contributed by atoms with van der Waals surface area (Å²) < 4.78 is 0. The van der Waals surface area contributed by atoms with Crippen LogP contribution in [0.25, 0.3) is 0 Å². The molecule has 0 aromatic heterocycles. The van der Waals surface area contributed by atoms with Gasteiger partial charge in [0, 0.05) is 11.3 Å². The van der Waals surface area contributed by atoms with Crippen molar-refractivity contribution in [2.75, 3.05) is 0 Å². The molecule has 0 radical (unpaired) electrons. The van der Waals surface area contributed by atoms with Crippen molar-refractivity contribution in [1.82, 2.24) is 0 Å². The summed E-state index contributed by atoms with van der Waals surface area (Å²) in [5.41, 5.74) is 0.00513. The van der Waals surface area contributed by atoms with Gasteiger partial charge < -0.3 is 0 Å². The fourth-order valence-corrected chi connectivity index (χ4v) is 4.95. The minimum atomic E-state index is -0.0805. The zero-order valence-corrected chi connectivity index (χ0v) is 12.6. The molecule has 0 spiro atoms. The highest BCUT2D eigenvalue weighted by molar-refractivity contribution is 5.95. The maximum absolute atomic E-state index is 12.8. The first-order chi connectivity index (χ1) is 8.33. The SMILES string of the molecule is CC(C)C1(C(C)(C)C)C(=O)C2CCC=CCCC21. The molecular formula is C17H28O. The molecule has 1 saturated carbocycles. The Kier molecular flexibility index (Phi) is 3.46. The van der Waals surface area contributed by atoms with E-state index in [0.717, 1.165) is 19.3 Å². The number of fused-ring (bicyclic) bond motifs is 1. The maximum atomic E-state index is 12.8. The number of carbonyl (C=O) groups is 1. The molecule has 3 atom stereocenters. The Labute approximate surface area is 112 Å². The summed E-state index contributed by atoms with van der Waals surface area (Å²) >= 11 is 0. The van der Waals surface area contributed by atoms with E-state index in [1.165, 1.54) is 6.42 Å². The molecule has 2 aliphatic rings. The van der Waals surface area contributed by atoms with Gasteiger partial charge in [0.25, 0.3) is 0 Å². The molecule has 102 valence electrons. The summed E-state index contributed by atoms with van der Waals surface area (Å²) in [6.07, 6.45) is 9.08. The van der Waals surface area contributed by atoms with Crippen molar-refractivity contribution in [3.63, 3.8) is 0 Å². The van der Waals surface area contributed by atoms with E-state index in [2.05, 4.69) is 46.8 Å². The van der Waals surface area contributed by atoms with Crippen LogP contribution in [0.1, 0.15) is 60.3 Å². The molecule has 0 aromatic carbocycles. The molecule has 0 N–H and O–H groups in total. The van der Waals surface area contributed by atoms with Crippen molar-refractivity contribution in [2.24, 2.45) is 28.6 Å². The van der Waals surface area contributed by atoms with E-state index in [4.69, 9.17) is 0 Å². The highest BCUT2D eigenvalue weighted by atomic mass is 16.1. The van der Waals surface area contributed by atoms with Gasteiger partial charge in [0.05, 0.1) is 0 Å². The average Bonchev–Trinajstić information content (AvgIpc) is 2.19. The standard InChI is InChI=1S/C17H28O/c1-12(2)17(16(3,4)5)14-11-9-7-6-8-10-13(14)15(17)18/h6-7,12-14H,8-11H2,1-5H3. The van der Waals surface area contributed by atoms with E-state index < -0.39 is 0 Å². The molecule has 0 aliphatic heterocycles. The largest absolute Gasteiger partial charge is 0.299 e. The topological polar surface area (TPSA) is 17.1 Å². The first-order valence-corrected chi connectivity index (χ1v) is 7.52. The van der Waals surface area contributed by atoms with Crippen LogP contribution in [0.2, 0.25) is 0 Å². The molecule has 0 aromatic rings. The van der Waals surface area contributed by atoms with E-state index in [1.807, 2.05) is 0 Å². The molecule has 18 heavy (non-hydrogen) atoms. The molecule has 0 amide bonds. The van der Waals surface area contributed by atoms with Gasteiger partial charge in [0.1, 0.15) is 5.78 Å². The Balaban J connectivity index is 2.37. The van der Waals surface area contributed by atoms with Gasteiger partial charge in [-0.1, -0.05) is 46.8 Å². The van der Waals surface area contributed by atoms with Gasteiger partial charge in [-0.3, -0.25) is 4.79 Å². The Bertz CT molecular complexity index is 358. The van der Waals surface area contributed by atoms with Crippen molar-refractivity contribution in [2.45, 2.75) is 60.3 Å². The van der Waals surface area contributed by atoms with Crippen molar-refractivity contribution in [3.05, 3.63) is 12.2 Å². The fourth-order valence-electron chi connectivity index (χ4n) is 4.95. The zero-order valence-electron chi connectivity index (χ0n) is 12.6. The van der Waals surface area contributed by atoms with E-state index in [9.17, 15) is 4.79 Å². The second-order valence-electron chi connectivity index (χ2n) is 7.48. The molecular weight excluding hydrogens is 220 g/mol. The molecule has 0 heterocycles. The van der Waals surface area contributed by atoms with E-state index in [-0.39, 0.29) is 10.8 Å². The molecule has 0 bridgehead atoms. The summed E-state index contributed by atoms with van der Waals surface area (Å²) in [6, 6.07) is 0. The lowest BCUT2D eigenvalue weighted by Gasteiger charge is -2.63. The Morgan fingerprint density at radius 1 is 1.17 bits per heavy atom. The van der Waals surface area contributed by atoms with Gasteiger partial charge in [-0.05, 0) is 42.9 Å². The lowest BCUT2D eigenvalue weighted by Crippen LogP contribution is -2.66. The van der Waals surface area contributed by atoms with E-state index in [1.54, 1.807) is 0 Å². The lowest BCUT2D eigenvalue weighted by atomic mass is 9.39. The Hall–Kier alpha value is -0.590. The average molecular weight is 248 g/mol. The van der Waals surface area contributed by atoms with Crippen LogP contribution in [0.4, 0.5) is 0 Å². The Morgan fingerprint density at radius 3 is 2.22 bits per heavy atom. The third-order valence-electron chi connectivity index (χ3n) is 5.42. The minimum absolute atomic E-state index is 0.0805. The van der Waals surface area contributed by atoms with Crippen LogP contribution in [0.15, 0.2) is 12.2 Å². The van der Waals surface area contributed by atoms with Crippen LogP contribution in [0.5, 0.6) is 0 Å². The van der Waals surface area contributed by atoms with Crippen LogP contribution >= 0.6 is 0 Å². The van der Waals surface area contributed by atoms with Crippen LogP contribution in [0, 0.1) is 28.6 Å². The molecule has 2 rings (SSSR count). The predicted octanol–water partition coefficient (Wildman–Crippen LogP) is 4.62. The van der Waals surface area contributed by atoms with Crippen LogP contribution < -0.4 is 0 Å². The van der Waals surface area contributed by atoms with Gasteiger partial charge in [-0.25, -0.2) is 0 Å². The molecule has 1 nitrogen and oxygen atoms in total. The lowest BCUT2D eigenvalue weighted by molar-refractivity contribution is -0.185. The predicted molar refractivity (Wildman–Crippen MR) is 76.3 cm³/mol. The monoisotopic (exact) mass is 248 g/mol. The zero-order chi connectivity index (χ0) is 13.6. The van der Waals surface area contributed by atoms with Gasteiger partial charge in [0.15, 0.2) is 0 Å². The molecule has 1 heteroatoms. The second kappa shape index (κ2) is 4.51. The summed E-state index contributed by atoms with van der Waals surface area (Å²) in [4.78, 5) is 12.8. The number of carbonyl (C=O) groups excluding carboxylic acids is 1. The third-order valence-corrected chi connectivity index (χ3v) is 5.42. The second-order valence-corrected chi connectivity index (χ2v) is 7.48. The summed E-state index contributed by atoms with van der Waals surface area (Å²) in [7, 11) is 0. The normalized spacial score (nSPS) is 36.9. The van der Waals surface area contributed by atoms with Gasteiger partial charge in [0.2, 0.25) is 0 Å². The van der Waals surface area contributed by atoms with E-state index >= 15 is 0 Å². The third kappa shape index (κ3) is 1.70. The van der Waals surface area contributed by atoms with Gasteiger partial charge in [-0.2, -0.15) is 0 Å². The van der Waals surface area contributed by atoms with Crippen LogP contribution in [0.3, 0.4) is 0 Å². The number of hydrogen-bond acceptors (Lipinski definition) is 1. The number of hydrogen-bond donors (Lipinski definition) is 0. The van der Waals surface area contributed by atoms with Crippen molar-refractivity contribution in [3.8, 4) is 0 Å². The highest BCUT2D eigenvalue weighted by Crippen LogP contribution is 2.64. The molecule has 0 saturated heterocycles. The van der Waals surface area contributed by atoms with E-state index in [0.29, 0.717) is 23.5 Å². The maximum Gasteiger partial charge on any atom is 0.143 e. The smallest absolute Gasteiger partial charge is 0.143 e. The van der Waals surface area contributed by atoms with Crippen molar-refractivity contribution in [1.29, 1.82) is 0 Å². The molecule has 2 aliphatic carbocycles. The number of Topliss-reactive ketones (excluding diaryl/α,β-unsaturated/α-hetero) is 1. The number of rotatable bonds is 1. The van der Waals surface area contributed by atoms with Crippen molar-refractivity contribution >= 4 is 5.78 Å².